The topological polar surface area (TPSA) is 48.4 Å². The molecule has 0 radical (unpaired) electrons. The molecule has 0 spiro atoms. The predicted octanol–water partition coefficient (Wildman–Crippen LogP) is 3.27. The molecule has 4 nitrogen and oxygen atoms in total. The first-order chi connectivity index (χ1) is 10.2. The van der Waals surface area contributed by atoms with E-state index in [1.54, 1.807) is 25.6 Å². The Kier molecular flexibility index (Phi) is 3.92. The second kappa shape index (κ2) is 5.85. The molecule has 0 amide bonds. The van der Waals surface area contributed by atoms with E-state index in [1.165, 1.54) is 0 Å². The van der Waals surface area contributed by atoms with Crippen LogP contribution in [-0.4, -0.2) is 25.0 Å². The molecule has 1 aliphatic rings. The van der Waals surface area contributed by atoms with E-state index in [0.29, 0.717) is 24.3 Å². The standard InChI is InChI=1S/C16H17NO3S/c1-19-12-7-6-10(8-13(12)20-2)9-15-17-16-11(18)4-3-5-14(16)21-15/h6-8H,3-5,9H2,1-2H3. The van der Waals surface area contributed by atoms with Crippen molar-refractivity contribution in [1.82, 2.24) is 4.98 Å². The molecular formula is C16H17NO3S. The van der Waals surface area contributed by atoms with Crippen molar-refractivity contribution in [2.45, 2.75) is 25.7 Å². The molecule has 21 heavy (non-hydrogen) atoms. The van der Waals surface area contributed by atoms with Crippen LogP contribution in [0.15, 0.2) is 18.2 Å². The number of fused-ring (bicyclic) bond motifs is 1. The molecule has 0 fully saturated rings. The second-order valence-corrected chi connectivity index (χ2v) is 6.19. The number of Topliss-reactive ketones (excluding diaryl/α,β-unsaturated/α-hetero) is 1. The van der Waals surface area contributed by atoms with Crippen LogP contribution >= 0.6 is 11.3 Å². The highest BCUT2D eigenvalue weighted by molar-refractivity contribution is 7.12. The molecule has 0 saturated carbocycles. The van der Waals surface area contributed by atoms with Crippen molar-refractivity contribution >= 4 is 17.1 Å². The zero-order valence-corrected chi connectivity index (χ0v) is 13.0. The Morgan fingerprint density at radius 2 is 2.00 bits per heavy atom. The van der Waals surface area contributed by atoms with E-state index in [2.05, 4.69) is 4.98 Å². The number of hydrogen-bond acceptors (Lipinski definition) is 5. The highest BCUT2D eigenvalue weighted by Gasteiger charge is 2.22. The molecule has 1 aromatic carbocycles. The summed E-state index contributed by atoms with van der Waals surface area (Å²) in [5.41, 5.74) is 1.80. The summed E-state index contributed by atoms with van der Waals surface area (Å²) in [4.78, 5) is 17.5. The van der Waals surface area contributed by atoms with Crippen LogP contribution in [0.4, 0.5) is 0 Å². The number of methoxy groups -OCH3 is 2. The largest absolute Gasteiger partial charge is 0.493 e. The molecule has 0 N–H and O–H groups in total. The molecule has 0 bridgehead atoms. The summed E-state index contributed by atoms with van der Waals surface area (Å²) < 4.78 is 10.6. The van der Waals surface area contributed by atoms with Gasteiger partial charge in [-0.15, -0.1) is 11.3 Å². The Bertz CT molecular complexity index is 678. The van der Waals surface area contributed by atoms with E-state index in [9.17, 15) is 4.79 Å². The van der Waals surface area contributed by atoms with Crippen molar-refractivity contribution in [2.75, 3.05) is 14.2 Å². The van der Waals surface area contributed by atoms with Crippen molar-refractivity contribution in [1.29, 1.82) is 0 Å². The first-order valence-electron chi connectivity index (χ1n) is 6.94. The van der Waals surface area contributed by atoms with Crippen LogP contribution in [0.3, 0.4) is 0 Å². The summed E-state index contributed by atoms with van der Waals surface area (Å²) >= 11 is 1.65. The molecule has 5 heteroatoms. The van der Waals surface area contributed by atoms with Crippen molar-refractivity contribution in [3.05, 3.63) is 39.3 Å². The van der Waals surface area contributed by atoms with Crippen molar-refractivity contribution < 1.29 is 14.3 Å². The van der Waals surface area contributed by atoms with E-state index in [1.807, 2.05) is 18.2 Å². The SMILES string of the molecule is COc1ccc(Cc2nc3c(s2)CCCC3=O)cc1OC. The average molecular weight is 303 g/mol. The van der Waals surface area contributed by atoms with Gasteiger partial charge < -0.3 is 9.47 Å². The van der Waals surface area contributed by atoms with E-state index >= 15 is 0 Å². The minimum Gasteiger partial charge on any atom is -0.493 e. The molecule has 0 aliphatic heterocycles. The predicted molar refractivity (Wildman–Crippen MR) is 81.7 cm³/mol. The maximum atomic E-state index is 11.8. The molecule has 1 aromatic heterocycles. The monoisotopic (exact) mass is 303 g/mol. The Morgan fingerprint density at radius 1 is 1.19 bits per heavy atom. The van der Waals surface area contributed by atoms with Crippen LogP contribution in [0.25, 0.3) is 0 Å². The Balaban J connectivity index is 1.85. The third-order valence-electron chi connectivity index (χ3n) is 3.62. The Morgan fingerprint density at radius 3 is 2.71 bits per heavy atom. The molecule has 3 rings (SSSR count). The summed E-state index contributed by atoms with van der Waals surface area (Å²) in [7, 11) is 3.25. The number of hydrogen-bond donors (Lipinski definition) is 0. The number of ether oxygens (including phenoxy) is 2. The van der Waals surface area contributed by atoms with Gasteiger partial charge in [-0.2, -0.15) is 0 Å². The van der Waals surface area contributed by atoms with E-state index in [0.717, 1.165) is 34.0 Å². The van der Waals surface area contributed by atoms with Crippen LogP contribution in [0.5, 0.6) is 11.5 Å². The van der Waals surface area contributed by atoms with Gasteiger partial charge in [-0.25, -0.2) is 4.98 Å². The minimum absolute atomic E-state index is 0.186. The van der Waals surface area contributed by atoms with Gasteiger partial charge in [-0.3, -0.25) is 4.79 Å². The molecule has 0 unspecified atom stereocenters. The van der Waals surface area contributed by atoms with Crippen molar-refractivity contribution in [3.8, 4) is 11.5 Å². The van der Waals surface area contributed by atoms with Gasteiger partial charge in [0.2, 0.25) is 0 Å². The fourth-order valence-corrected chi connectivity index (χ4v) is 3.72. The van der Waals surface area contributed by atoms with Crippen LogP contribution in [-0.2, 0) is 12.8 Å². The summed E-state index contributed by atoms with van der Waals surface area (Å²) in [6, 6.07) is 5.86. The molecule has 1 heterocycles. The third kappa shape index (κ3) is 2.78. The number of rotatable bonds is 4. The minimum atomic E-state index is 0.186. The lowest BCUT2D eigenvalue weighted by Gasteiger charge is -2.08. The third-order valence-corrected chi connectivity index (χ3v) is 4.73. The molecular weight excluding hydrogens is 286 g/mol. The quantitative estimate of drug-likeness (QED) is 0.870. The zero-order chi connectivity index (χ0) is 14.8. The lowest BCUT2D eigenvalue weighted by Crippen LogP contribution is -2.08. The van der Waals surface area contributed by atoms with Gasteiger partial charge >= 0.3 is 0 Å². The van der Waals surface area contributed by atoms with Gasteiger partial charge in [-0.1, -0.05) is 6.07 Å². The Labute approximate surface area is 127 Å². The first kappa shape index (κ1) is 14.1. The number of aromatic nitrogens is 1. The van der Waals surface area contributed by atoms with Gasteiger partial charge in [0.15, 0.2) is 17.3 Å². The highest BCUT2D eigenvalue weighted by atomic mass is 32.1. The zero-order valence-electron chi connectivity index (χ0n) is 12.1. The number of carbonyl (C=O) groups excluding carboxylic acids is 1. The summed E-state index contributed by atoms with van der Waals surface area (Å²) in [5.74, 6) is 1.62. The normalized spacial score (nSPS) is 13.9. The summed E-state index contributed by atoms with van der Waals surface area (Å²) in [6.45, 7) is 0. The van der Waals surface area contributed by atoms with Crippen LogP contribution in [0.2, 0.25) is 0 Å². The number of aryl methyl sites for hydroxylation is 1. The molecule has 1 aliphatic carbocycles. The second-order valence-electron chi connectivity index (χ2n) is 5.02. The average Bonchev–Trinajstić information content (AvgIpc) is 2.91. The van der Waals surface area contributed by atoms with Gasteiger partial charge in [0.1, 0.15) is 5.69 Å². The van der Waals surface area contributed by atoms with Crippen LogP contribution in [0.1, 0.15) is 38.8 Å². The summed E-state index contributed by atoms with van der Waals surface area (Å²) in [6.07, 6.45) is 3.27. The van der Waals surface area contributed by atoms with E-state index < -0.39 is 0 Å². The van der Waals surface area contributed by atoms with Crippen LogP contribution in [0, 0.1) is 0 Å². The van der Waals surface area contributed by atoms with E-state index in [4.69, 9.17) is 9.47 Å². The van der Waals surface area contributed by atoms with Gasteiger partial charge in [0.25, 0.3) is 0 Å². The highest BCUT2D eigenvalue weighted by Crippen LogP contribution is 2.31. The number of carbonyl (C=O) groups is 1. The lowest BCUT2D eigenvalue weighted by molar-refractivity contribution is 0.0968. The van der Waals surface area contributed by atoms with Crippen molar-refractivity contribution in [2.24, 2.45) is 0 Å². The fraction of sp³-hybridized carbons (Fsp3) is 0.375. The number of thiazole rings is 1. The van der Waals surface area contributed by atoms with Gasteiger partial charge in [0.05, 0.1) is 19.2 Å². The fourth-order valence-electron chi connectivity index (χ4n) is 2.56. The summed E-state index contributed by atoms with van der Waals surface area (Å²) in [5, 5.41) is 0.988. The number of nitrogens with zero attached hydrogens (tertiary/aromatic N) is 1. The molecule has 2 aromatic rings. The maximum absolute atomic E-state index is 11.8. The van der Waals surface area contributed by atoms with Crippen molar-refractivity contribution in [3.63, 3.8) is 0 Å². The first-order valence-corrected chi connectivity index (χ1v) is 7.75. The lowest BCUT2D eigenvalue weighted by atomic mass is 10.0. The van der Waals surface area contributed by atoms with Gasteiger partial charge in [0, 0.05) is 17.7 Å². The van der Waals surface area contributed by atoms with E-state index in [-0.39, 0.29) is 5.78 Å². The smallest absolute Gasteiger partial charge is 0.182 e. The molecule has 0 saturated heterocycles. The van der Waals surface area contributed by atoms with Gasteiger partial charge in [-0.05, 0) is 30.5 Å². The maximum Gasteiger partial charge on any atom is 0.182 e. The number of benzene rings is 1. The molecule has 110 valence electrons. The molecule has 0 atom stereocenters. The number of ketones is 1. The van der Waals surface area contributed by atoms with Crippen LogP contribution < -0.4 is 9.47 Å². The Hall–Kier alpha value is -1.88.